The molecule has 0 spiro atoms. The van der Waals surface area contributed by atoms with Gasteiger partial charge in [0.15, 0.2) is 0 Å². The van der Waals surface area contributed by atoms with Crippen molar-refractivity contribution < 1.29 is 0 Å². The van der Waals surface area contributed by atoms with Gasteiger partial charge >= 0.3 is 0 Å². The van der Waals surface area contributed by atoms with Gasteiger partial charge in [-0.15, -0.1) is 17.0 Å². The first kappa shape index (κ1) is 28.7. The standard InChI is InChI=1S/C27H49N.BrH/c1-4-7-8-9-10-11-12-13-14-15-16-17-18-22-25-27(28(5-2)6-3)26-23-20-19-21-24-26;/h19-21,23-24,27H,4-18,22,25H2,1-3H3;1H. The third-order valence-corrected chi connectivity index (χ3v) is 6.27. The molecule has 0 aromatic heterocycles. The van der Waals surface area contributed by atoms with Crippen molar-refractivity contribution in [2.75, 3.05) is 13.1 Å². The Labute approximate surface area is 193 Å². The van der Waals surface area contributed by atoms with Crippen molar-refractivity contribution in [2.45, 2.75) is 123 Å². The molecule has 1 unspecified atom stereocenters. The summed E-state index contributed by atoms with van der Waals surface area (Å²) in [6, 6.07) is 11.7. The highest BCUT2D eigenvalue weighted by Crippen LogP contribution is 2.26. The van der Waals surface area contributed by atoms with Crippen LogP contribution in [-0.4, -0.2) is 18.0 Å². The highest BCUT2D eigenvalue weighted by Gasteiger charge is 2.16. The minimum absolute atomic E-state index is 0. The van der Waals surface area contributed by atoms with E-state index in [-0.39, 0.29) is 17.0 Å². The summed E-state index contributed by atoms with van der Waals surface area (Å²) in [6.45, 7) is 9.19. The highest BCUT2D eigenvalue weighted by atomic mass is 79.9. The lowest BCUT2D eigenvalue weighted by atomic mass is 9.98. The van der Waals surface area contributed by atoms with E-state index in [0.717, 1.165) is 13.1 Å². The maximum Gasteiger partial charge on any atom is 0.0347 e. The predicted octanol–water partition coefficient (Wildman–Crippen LogP) is 9.52. The largest absolute Gasteiger partial charge is 0.297 e. The summed E-state index contributed by atoms with van der Waals surface area (Å²) in [6.07, 6.45) is 21.4. The van der Waals surface area contributed by atoms with E-state index in [4.69, 9.17) is 0 Å². The molecule has 1 aromatic carbocycles. The molecule has 0 saturated carbocycles. The van der Waals surface area contributed by atoms with E-state index >= 15 is 0 Å². The molecule has 0 heterocycles. The number of rotatable bonds is 19. The Morgan fingerprint density at radius 1 is 0.586 bits per heavy atom. The molecule has 0 aliphatic heterocycles. The van der Waals surface area contributed by atoms with Gasteiger partial charge in [0, 0.05) is 6.04 Å². The quantitative estimate of drug-likeness (QED) is 0.183. The maximum atomic E-state index is 2.62. The number of unbranched alkanes of at least 4 members (excludes halogenated alkanes) is 13. The average Bonchev–Trinajstić information content (AvgIpc) is 2.74. The van der Waals surface area contributed by atoms with Crippen molar-refractivity contribution in [1.82, 2.24) is 4.90 Å². The summed E-state index contributed by atoms with van der Waals surface area (Å²) in [7, 11) is 0. The Balaban J connectivity index is 0.00000784. The van der Waals surface area contributed by atoms with Crippen LogP contribution in [0.5, 0.6) is 0 Å². The zero-order valence-corrected chi connectivity index (χ0v) is 21.6. The SMILES string of the molecule is Br.CCCCCCCCCCCCCCCCC(c1ccccc1)N(CC)CC. The van der Waals surface area contributed by atoms with E-state index in [0.29, 0.717) is 6.04 Å². The van der Waals surface area contributed by atoms with Crippen LogP contribution in [-0.2, 0) is 0 Å². The third kappa shape index (κ3) is 14.3. The van der Waals surface area contributed by atoms with Gasteiger partial charge in [0.25, 0.3) is 0 Å². The predicted molar refractivity (Wildman–Crippen MR) is 137 cm³/mol. The summed E-state index contributed by atoms with van der Waals surface area (Å²) in [4.78, 5) is 2.62. The summed E-state index contributed by atoms with van der Waals surface area (Å²) in [5, 5.41) is 0. The second-order valence-corrected chi connectivity index (χ2v) is 8.53. The molecule has 1 atom stereocenters. The topological polar surface area (TPSA) is 3.24 Å². The fraction of sp³-hybridized carbons (Fsp3) is 0.778. The first-order valence-corrected chi connectivity index (χ1v) is 12.6. The molecule has 170 valence electrons. The molecule has 0 radical (unpaired) electrons. The molecule has 0 aliphatic rings. The van der Waals surface area contributed by atoms with Crippen molar-refractivity contribution in [3.05, 3.63) is 35.9 Å². The lowest BCUT2D eigenvalue weighted by molar-refractivity contribution is 0.204. The van der Waals surface area contributed by atoms with Crippen LogP contribution in [0.1, 0.15) is 129 Å². The first-order valence-electron chi connectivity index (χ1n) is 12.6. The number of hydrogen-bond acceptors (Lipinski definition) is 1. The second-order valence-electron chi connectivity index (χ2n) is 8.53. The minimum atomic E-state index is 0. The molecule has 0 saturated heterocycles. The van der Waals surface area contributed by atoms with Gasteiger partial charge in [-0.2, -0.15) is 0 Å². The Morgan fingerprint density at radius 3 is 1.41 bits per heavy atom. The first-order chi connectivity index (χ1) is 13.8. The number of hydrogen-bond donors (Lipinski definition) is 0. The van der Waals surface area contributed by atoms with Crippen molar-refractivity contribution in [3.63, 3.8) is 0 Å². The summed E-state index contributed by atoms with van der Waals surface area (Å²) in [5.74, 6) is 0. The van der Waals surface area contributed by atoms with Crippen LogP contribution in [0.15, 0.2) is 30.3 Å². The number of benzene rings is 1. The number of halogens is 1. The minimum Gasteiger partial charge on any atom is -0.297 e. The third-order valence-electron chi connectivity index (χ3n) is 6.27. The molecule has 2 heteroatoms. The van der Waals surface area contributed by atoms with Crippen LogP contribution in [0.25, 0.3) is 0 Å². The van der Waals surface area contributed by atoms with Gasteiger partial charge in [-0.1, -0.05) is 141 Å². The Morgan fingerprint density at radius 2 is 1.00 bits per heavy atom. The molecule has 1 rings (SSSR count). The van der Waals surface area contributed by atoms with Crippen molar-refractivity contribution in [2.24, 2.45) is 0 Å². The van der Waals surface area contributed by atoms with Gasteiger partial charge in [0.2, 0.25) is 0 Å². The summed E-state index contributed by atoms with van der Waals surface area (Å²) >= 11 is 0. The second kappa shape index (κ2) is 20.9. The molecule has 1 aromatic rings. The molecular weight excluding hydrogens is 418 g/mol. The van der Waals surface area contributed by atoms with Crippen molar-refractivity contribution >= 4 is 17.0 Å². The zero-order chi connectivity index (χ0) is 20.3. The fourth-order valence-corrected chi connectivity index (χ4v) is 4.43. The maximum absolute atomic E-state index is 2.62. The lowest BCUT2D eigenvalue weighted by Crippen LogP contribution is -2.28. The van der Waals surface area contributed by atoms with Gasteiger partial charge in [-0.05, 0) is 25.1 Å². The van der Waals surface area contributed by atoms with E-state index < -0.39 is 0 Å². The molecule has 0 amide bonds. The lowest BCUT2D eigenvalue weighted by Gasteiger charge is -2.30. The molecule has 0 N–H and O–H groups in total. The number of nitrogens with zero attached hydrogens (tertiary/aromatic N) is 1. The van der Waals surface area contributed by atoms with E-state index in [2.05, 4.69) is 56.0 Å². The van der Waals surface area contributed by atoms with Gasteiger partial charge in [0.1, 0.15) is 0 Å². The van der Waals surface area contributed by atoms with E-state index in [9.17, 15) is 0 Å². The fourth-order valence-electron chi connectivity index (χ4n) is 4.43. The van der Waals surface area contributed by atoms with Gasteiger partial charge in [-0.25, -0.2) is 0 Å². The molecule has 1 nitrogen and oxygen atoms in total. The van der Waals surface area contributed by atoms with Crippen LogP contribution < -0.4 is 0 Å². The van der Waals surface area contributed by atoms with Gasteiger partial charge in [-0.3, -0.25) is 4.90 Å². The van der Waals surface area contributed by atoms with E-state index in [1.807, 2.05) is 0 Å². The zero-order valence-electron chi connectivity index (χ0n) is 19.8. The van der Waals surface area contributed by atoms with Crippen LogP contribution in [0.4, 0.5) is 0 Å². The van der Waals surface area contributed by atoms with E-state index in [1.165, 1.54) is 102 Å². The molecular formula is C27H50BrN. The average molecular weight is 469 g/mol. The van der Waals surface area contributed by atoms with Crippen LogP contribution in [0.2, 0.25) is 0 Å². The normalized spacial score (nSPS) is 12.1. The van der Waals surface area contributed by atoms with Crippen molar-refractivity contribution in [3.8, 4) is 0 Å². The van der Waals surface area contributed by atoms with Gasteiger partial charge < -0.3 is 0 Å². The highest BCUT2D eigenvalue weighted by molar-refractivity contribution is 8.93. The summed E-state index contributed by atoms with van der Waals surface area (Å²) in [5.41, 5.74) is 1.50. The Bertz CT molecular complexity index is 429. The molecule has 0 aliphatic carbocycles. The van der Waals surface area contributed by atoms with Crippen LogP contribution in [0, 0.1) is 0 Å². The Hall–Kier alpha value is -0.340. The smallest absolute Gasteiger partial charge is 0.0347 e. The van der Waals surface area contributed by atoms with Gasteiger partial charge in [0.05, 0.1) is 0 Å². The van der Waals surface area contributed by atoms with Crippen molar-refractivity contribution in [1.29, 1.82) is 0 Å². The molecule has 0 fully saturated rings. The van der Waals surface area contributed by atoms with Crippen LogP contribution >= 0.6 is 17.0 Å². The Kier molecular flexibility index (Phi) is 20.7. The molecule has 0 bridgehead atoms. The summed E-state index contributed by atoms with van der Waals surface area (Å²) < 4.78 is 0. The van der Waals surface area contributed by atoms with E-state index in [1.54, 1.807) is 0 Å². The monoisotopic (exact) mass is 467 g/mol. The molecule has 29 heavy (non-hydrogen) atoms. The van der Waals surface area contributed by atoms with Crippen LogP contribution in [0.3, 0.4) is 0 Å².